The van der Waals surface area contributed by atoms with Gasteiger partial charge >= 0.3 is 5.97 Å². The Balaban J connectivity index is 2.47. The molecule has 1 aliphatic rings. The van der Waals surface area contributed by atoms with E-state index in [2.05, 4.69) is 10.2 Å². The van der Waals surface area contributed by atoms with Crippen LogP contribution in [-0.2, 0) is 9.53 Å². The first-order valence-corrected chi connectivity index (χ1v) is 7.68. The van der Waals surface area contributed by atoms with E-state index in [-0.39, 0.29) is 5.97 Å². The first-order chi connectivity index (χ1) is 9.12. The van der Waals surface area contributed by atoms with Gasteiger partial charge in [-0.05, 0) is 45.8 Å². The van der Waals surface area contributed by atoms with Crippen LogP contribution in [0.15, 0.2) is 0 Å². The highest BCUT2D eigenvalue weighted by Crippen LogP contribution is 2.16. The van der Waals surface area contributed by atoms with Gasteiger partial charge in [-0.2, -0.15) is 0 Å². The minimum Gasteiger partial charge on any atom is -0.468 e. The number of hydrogen-bond donors (Lipinski definition) is 1. The van der Waals surface area contributed by atoms with E-state index >= 15 is 0 Å². The lowest BCUT2D eigenvalue weighted by Crippen LogP contribution is -2.52. The largest absolute Gasteiger partial charge is 0.468 e. The predicted molar refractivity (Wildman–Crippen MR) is 78.2 cm³/mol. The number of nitrogens with zero attached hydrogens (tertiary/aromatic N) is 1. The van der Waals surface area contributed by atoms with E-state index in [0.717, 1.165) is 19.5 Å². The molecular formula is C15H30N2O2. The molecule has 1 unspecified atom stereocenters. The van der Waals surface area contributed by atoms with Gasteiger partial charge in [0.05, 0.1) is 7.11 Å². The maximum atomic E-state index is 11.9. The SMILES string of the molecule is CCNC(C)(CCN1CCCCCCC1)C(=O)OC. The van der Waals surface area contributed by atoms with Gasteiger partial charge in [-0.15, -0.1) is 0 Å². The number of nitrogens with one attached hydrogen (secondary N) is 1. The van der Waals surface area contributed by atoms with E-state index in [9.17, 15) is 4.79 Å². The molecule has 1 heterocycles. The summed E-state index contributed by atoms with van der Waals surface area (Å²) in [4.78, 5) is 14.4. The van der Waals surface area contributed by atoms with Gasteiger partial charge in [-0.1, -0.05) is 26.2 Å². The summed E-state index contributed by atoms with van der Waals surface area (Å²) in [6.07, 6.45) is 7.46. The van der Waals surface area contributed by atoms with Gasteiger partial charge in [0, 0.05) is 6.54 Å². The Morgan fingerprint density at radius 2 is 1.79 bits per heavy atom. The molecule has 0 aromatic carbocycles. The van der Waals surface area contributed by atoms with Crippen molar-refractivity contribution in [3.8, 4) is 0 Å². The molecule has 0 aliphatic carbocycles. The molecule has 1 fully saturated rings. The van der Waals surface area contributed by atoms with E-state index in [1.54, 1.807) is 0 Å². The molecule has 0 amide bonds. The highest BCUT2D eigenvalue weighted by Gasteiger charge is 2.33. The minimum absolute atomic E-state index is 0.151. The summed E-state index contributed by atoms with van der Waals surface area (Å²) in [6.45, 7) is 8.07. The fourth-order valence-electron chi connectivity index (χ4n) is 2.80. The van der Waals surface area contributed by atoms with Crippen molar-refractivity contribution in [1.82, 2.24) is 10.2 Å². The van der Waals surface area contributed by atoms with E-state index in [1.165, 1.54) is 52.3 Å². The van der Waals surface area contributed by atoms with Crippen LogP contribution < -0.4 is 5.32 Å². The molecule has 1 atom stereocenters. The lowest BCUT2D eigenvalue weighted by Gasteiger charge is -2.31. The summed E-state index contributed by atoms with van der Waals surface area (Å²) in [6, 6.07) is 0. The average molecular weight is 270 g/mol. The fourth-order valence-corrected chi connectivity index (χ4v) is 2.80. The Morgan fingerprint density at radius 1 is 1.21 bits per heavy atom. The monoisotopic (exact) mass is 270 g/mol. The van der Waals surface area contributed by atoms with Gasteiger partial charge in [0.2, 0.25) is 0 Å². The molecule has 0 aromatic heterocycles. The molecule has 4 nitrogen and oxygen atoms in total. The molecule has 0 aromatic rings. The topological polar surface area (TPSA) is 41.6 Å². The maximum absolute atomic E-state index is 11.9. The number of likely N-dealkylation sites (tertiary alicyclic amines) is 1. The highest BCUT2D eigenvalue weighted by molar-refractivity contribution is 5.80. The second-order valence-electron chi connectivity index (χ2n) is 5.71. The van der Waals surface area contributed by atoms with Crippen molar-refractivity contribution in [2.45, 2.75) is 57.9 Å². The number of hydrogen-bond acceptors (Lipinski definition) is 4. The Hall–Kier alpha value is -0.610. The van der Waals surface area contributed by atoms with E-state index < -0.39 is 5.54 Å². The lowest BCUT2D eigenvalue weighted by atomic mass is 9.97. The molecule has 0 saturated carbocycles. The molecule has 0 bridgehead atoms. The smallest absolute Gasteiger partial charge is 0.325 e. The van der Waals surface area contributed by atoms with Gasteiger partial charge in [-0.3, -0.25) is 4.79 Å². The van der Waals surface area contributed by atoms with Crippen molar-refractivity contribution in [2.75, 3.05) is 33.3 Å². The molecule has 0 radical (unpaired) electrons. The third-order valence-corrected chi connectivity index (χ3v) is 4.08. The van der Waals surface area contributed by atoms with Crippen LogP contribution in [0.2, 0.25) is 0 Å². The first-order valence-electron chi connectivity index (χ1n) is 7.68. The normalized spacial score (nSPS) is 21.2. The van der Waals surface area contributed by atoms with Gasteiger partial charge in [0.1, 0.15) is 5.54 Å². The van der Waals surface area contributed by atoms with Crippen molar-refractivity contribution < 1.29 is 9.53 Å². The van der Waals surface area contributed by atoms with Crippen LogP contribution in [0.3, 0.4) is 0 Å². The minimum atomic E-state index is -0.550. The number of ether oxygens (including phenoxy) is 1. The van der Waals surface area contributed by atoms with Gasteiger partial charge in [-0.25, -0.2) is 0 Å². The molecule has 4 heteroatoms. The van der Waals surface area contributed by atoms with Gasteiger partial charge < -0.3 is 15.0 Å². The second-order valence-corrected chi connectivity index (χ2v) is 5.71. The van der Waals surface area contributed by atoms with Crippen LogP contribution in [0.4, 0.5) is 0 Å². The third kappa shape index (κ3) is 5.49. The molecule has 1 N–H and O–H groups in total. The summed E-state index contributed by atoms with van der Waals surface area (Å²) in [5.41, 5.74) is -0.550. The molecule has 1 saturated heterocycles. The molecule has 19 heavy (non-hydrogen) atoms. The van der Waals surface area contributed by atoms with Crippen molar-refractivity contribution in [2.24, 2.45) is 0 Å². The molecule has 0 spiro atoms. The van der Waals surface area contributed by atoms with Crippen LogP contribution in [0.25, 0.3) is 0 Å². The number of likely N-dealkylation sites (N-methyl/N-ethyl adjacent to an activating group) is 1. The average Bonchev–Trinajstić information content (AvgIpc) is 2.36. The van der Waals surface area contributed by atoms with Crippen LogP contribution in [0.5, 0.6) is 0 Å². The zero-order valence-electron chi connectivity index (χ0n) is 12.8. The van der Waals surface area contributed by atoms with Crippen LogP contribution in [-0.4, -0.2) is 49.7 Å². The first kappa shape index (κ1) is 16.4. The van der Waals surface area contributed by atoms with Crippen LogP contribution in [0.1, 0.15) is 52.4 Å². The maximum Gasteiger partial charge on any atom is 0.325 e. The number of carbonyl (C=O) groups is 1. The summed E-state index contributed by atoms with van der Waals surface area (Å²) in [7, 11) is 1.47. The summed E-state index contributed by atoms with van der Waals surface area (Å²) >= 11 is 0. The van der Waals surface area contributed by atoms with E-state index in [4.69, 9.17) is 4.74 Å². The van der Waals surface area contributed by atoms with Crippen molar-refractivity contribution in [3.63, 3.8) is 0 Å². The number of carbonyl (C=O) groups excluding carboxylic acids is 1. The van der Waals surface area contributed by atoms with Gasteiger partial charge in [0.15, 0.2) is 0 Å². The Labute approximate surface area is 117 Å². The van der Waals surface area contributed by atoms with Crippen LogP contribution >= 0.6 is 0 Å². The Kier molecular flexibility index (Phi) is 7.39. The standard InChI is InChI=1S/C15H30N2O2/c1-4-16-15(2,14(18)19-3)10-13-17-11-8-6-5-7-9-12-17/h16H,4-13H2,1-3H3. The summed E-state index contributed by atoms with van der Waals surface area (Å²) in [5, 5.41) is 3.28. The zero-order valence-corrected chi connectivity index (χ0v) is 12.8. The van der Waals surface area contributed by atoms with Crippen molar-refractivity contribution >= 4 is 5.97 Å². The van der Waals surface area contributed by atoms with Crippen LogP contribution in [0, 0.1) is 0 Å². The second kappa shape index (κ2) is 8.54. The highest BCUT2D eigenvalue weighted by atomic mass is 16.5. The van der Waals surface area contributed by atoms with Crippen molar-refractivity contribution in [1.29, 1.82) is 0 Å². The molecule has 112 valence electrons. The summed E-state index contributed by atoms with van der Waals surface area (Å²) < 4.78 is 4.93. The molecule has 1 aliphatic heterocycles. The molecule has 1 rings (SSSR count). The summed E-state index contributed by atoms with van der Waals surface area (Å²) in [5.74, 6) is -0.151. The van der Waals surface area contributed by atoms with E-state index in [0.29, 0.717) is 0 Å². The van der Waals surface area contributed by atoms with E-state index in [1.807, 2.05) is 13.8 Å². The number of methoxy groups -OCH3 is 1. The lowest BCUT2D eigenvalue weighted by molar-refractivity contribution is -0.148. The third-order valence-electron chi connectivity index (χ3n) is 4.08. The predicted octanol–water partition coefficient (Wildman–Crippen LogP) is 2.18. The number of esters is 1. The zero-order chi connectivity index (χ0) is 14.1. The van der Waals surface area contributed by atoms with Crippen molar-refractivity contribution in [3.05, 3.63) is 0 Å². The Bertz CT molecular complexity index is 263. The van der Waals surface area contributed by atoms with Gasteiger partial charge in [0.25, 0.3) is 0 Å². The molecular weight excluding hydrogens is 240 g/mol. The number of rotatable bonds is 6. The quantitative estimate of drug-likeness (QED) is 0.751. The Morgan fingerprint density at radius 3 is 2.32 bits per heavy atom. The fraction of sp³-hybridized carbons (Fsp3) is 0.933.